The van der Waals surface area contributed by atoms with Gasteiger partial charge in [0.05, 0.1) is 27.6 Å². The second kappa shape index (κ2) is 10.8. The summed E-state index contributed by atoms with van der Waals surface area (Å²) in [7, 11) is 1.43. The number of nitrogens with one attached hydrogen (secondary N) is 2. The SMILES string of the molecule is COc1cc(C(C)(C)C)c(-n2c(Sc3cc(OCc4nn[nH]n4)c(C(F)(F)F)cc3[N+](=O)[O-])n[nH]c2=O)cc1Cl. The summed E-state index contributed by atoms with van der Waals surface area (Å²) in [6, 6.07) is 4.33. The van der Waals surface area contributed by atoms with Crippen LogP contribution in [0.15, 0.2) is 39.1 Å². The van der Waals surface area contributed by atoms with Crippen molar-refractivity contribution in [2.24, 2.45) is 0 Å². The largest absolute Gasteiger partial charge is 0.495 e. The number of hydrogen-bond acceptors (Lipinski definition) is 10. The summed E-state index contributed by atoms with van der Waals surface area (Å²) in [5, 5.41) is 30.8. The number of halogens is 4. The average Bonchev–Trinajstić information content (AvgIpc) is 3.50. The van der Waals surface area contributed by atoms with Crippen LogP contribution >= 0.6 is 23.4 Å². The van der Waals surface area contributed by atoms with E-state index in [-0.39, 0.29) is 20.9 Å². The number of nitro benzene ring substituents is 1. The number of ether oxygens (including phenoxy) is 2. The number of tetrazole rings is 1. The molecular weight excluding hydrogens is 581 g/mol. The van der Waals surface area contributed by atoms with Crippen molar-refractivity contribution in [2.75, 3.05) is 7.11 Å². The molecule has 0 saturated carbocycles. The van der Waals surface area contributed by atoms with Crippen LogP contribution in [0.2, 0.25) is 5.02 Å². The first-order valence-corrected chi connectivity index (χ1v) is 12.4. The van der Waals surface area contributed by atoms with Crippen LogP contribution in [-0.4, -0.2) is 47.4 Å². The Balaban J connectivity index is 1.87. The van der Waals surface area contributed by atoms with Gasteiger partial charge in [0.1, 0.15) is 17.1 Å². The molecule has 0 saturated heterocycles. The fourth-order valence-corrected chi connectivity index (χ4v) is 4.85. The first kappa shape index (κ1) is 28.9. The van der Waals surface area contributed by atoms with Crippen LogP contribution in [0.25, 0.3) is 5.69 Å². The third-order valence-corrected chi connectivity index (χ3v) is 6.77. The maximum atomic E-state index is 13.8. The van der Waals surface area contributed by atoms with E-state index in [2.05, 4.69) is 30.8 Å². The molecule has 4 rings (SSSR count). The molecular formula is C22H20ClF3N8O5S. The van der Waals surface area contributed by atoms with Crippen LogP contribution in [0, 0.1) is 10.1 Å². The Hall–Kier alpha value is -4.12. The maximum absolute atomic E-state index is 13.8. The molecule has 0 atom stereocenters. The minimum absolute atomic E-state index is 0.0482. The van der Waals surface area contributed by atoms with Crippen molar-refractivity contribution in [3.63, 3.8) is 0 Å². The molecule has 0 spiro atoms. The summed E-state index contributed by atoms with van der Waals surface area (Å²) in [5.41, 5.74) is -2.61. The highest BCUT2D eigenvalue weighted by Crippen LogP contribution is 2.45. The van der Waals surface area contributed by atoms with Crippen molar-refractivity contribution in [3.05, 3.63) is 66.8 Å². The van der Waals surface area contributed by atoms with Gasteiger partial charge in [0, 0.05) is 12.1 Å². The van der Waals surface area contributed by atoms with Crippen LogP contribution in [0.5, 0.6) is 11.5 Å². The number of nitro groups is 1. The smallest absolute Gasteiger partial charge is 0.420 e. The number of methoxy groups -OCH3 is 1. The Morgan fingerprint density at radius 2 is 1.85 bits per heavy atom. The first-order valence-electron chi connectivity index (χ1n) is 11.2. The number of H-pyrrole nitrogens is 2. The molecule has 40 heavy (non-hydrogen) atoms. The number of alkyl halides is 3. The van der Waals surface area contributed by atoms with E-state index in [1.807, 2.05) is 20.8 Å². The molecule has 0 amide bonds. The van der Waals surface area contributed by atoms with Gasteiger partial charge >= 0.3 is 11.9 Å². The van der Waals surface area contributed by atoms with Gasteiger partial charge in [-0.3, -0.25) is 10.1 Å². The summed E-state index contributed by atoms with van der Waals surface area (Å²) in [5.74, 6) is -0.423. The second-order valence-electron chi connectivity index (χ2n) is 9.19. The van der Waals surface area contributed by atoms with Crippen molar-refractivity contribution in [2.45, 2.75) is 49.0 Å². The predicted molar refractivity (Wildman–Crippen MR) is 135 cm³/mol. The van der Waals surface area contributed by atoms with E-state index in [1.54, 1.807) is 6.07 Å². The number of aromatic nitrogens is 7. The van der Waals surface area contributed by atoms with Gasteiger partial charge in [-0.2, -0.15) is 18.4 Å². The number of hydrogen-bond donors (Lipinski definition) is 2. The molecule has 0 bridgehead atoms. The van der Waals surface area contributed by atoms with Crippen LogP contribution in [0.3, 0.4) is 0 Å². The number of aromatic amines is 2. The topological polar surface area (TPSA) is 167 Å². The molecule has 0 radical (unpaired) electrons. The van der Waals surface area contributed by atoms with Gasteiger partial charge in [-0.25, -0.2) is 14.5 Å². The van der Waals surface area contributed by atoms with E-state index < -0.39 is 45.8 Å². The van der Waals surface area contributed by atoms with E-state index in [1.165, 1.54) is 13.2 Å². The molecule has 0 fully saturated rings. The van der Waals surface area contributed by atoms with Crippen molar-refractivity contribution in [1.82, 2.24) is 35.4 Å². The van der Waals surface area contributed by atoms with E-state index in [4.69, 9.17) is 21.1 Å². The summed E-state index contributed by atoms with van der Waals surface area (Å²) in [6.45, 7) is 5.13. The minimum atomic E-state index is -4.99. The van der Waals surface area contributed by atoms with Gasteiger partial charge in [0.15, 0.2) is 6.61 Å². The molecule has 18 heteroatoms. The molecule has 212 valence electrons. The molecule has 4 aromatic rings. The van der Waals surface area contributed by atoms with E-state index in [0.29, 0.717) is 34.8 Å². The molecule has 0 aliphatic rings. The highest BCUT2D eigenvalue weighted by molar-refractivity contribution is 7.99. The van der Waals surface area contributed by atoms with E-state index >= 15 is 0 Å². The monoisotopic (exact) mass is 600 g/mol. The van der Waals surface area contributed by atoms with Crippen LogP contribution < -0.4 is 15.2 Å². The Morgan fingerprint density at radius 1 is 1.12 bits per heavy atom. The molecule has 2 aromatic carbocycles. The Labute approximate surface area is 232 Å². The zero-order valence-electron chi connectivity index (χ0n) is 21.2. The van der Waals surface area contributed by atoms with Gasteiger partial charge in [-0.1, -0.05) is 37.6 Å². The van der Waals surface area contributed by atoms with Crippen molar-refractivity contribution >= 4 is 29.1 Å². The summed E-state index contributed by atoms with van der Waals surface area (Å²) in [6.07, 6.45) is -4.99. The number of rotatable bonds is 8. The molecule has 13 nitrogen and oxygen atoms in total. The molecule has 0 unspecified atom stereocenters. The molecule has 2 heterocycles. The highest BCUT2D eigenvalue weighted by atomic mass is 35.5. The number of benzene rings is 2. The van der Waals surface area contributed by atoms with Gasteiger partial charge in [-0.05, 0) is 34.9 Å². The summed E-state index contributed by atoms with van der Waals surface area (Å²) in [4.78, 5) is 23.5. The second-order valence-corrected chi connectivity index (χ2v) is 10.6. The fraction of sp³-hybridized carbons (Fsp3) is 0.318. The van der Waals surface area contributed by atoms with Gasteiger partial charge in [-0.15, -0.1) is 15.3 Å². The van der Waals surface area contributed by atoms with Crippen molar-refractivity contribution in [1.29, 1.82) is 0 Å². The van der Waals surface area contributed by atoms with Crippen molar-refractivity contribution < 1.29 is 27.6 Å². The molecule has 0 aliphatic carbocycles. The van der Waals surface area contributed by atoms with Gasteiger partial charge in [0.2, 0.25) is 11.0 Å². The van der Waals surface area contributed by atoms with Gasteiger partial charge < -0.3 is 9.47 Å². The zero-order valence-corrected chi connectivity index (χ0v) is 22.7. The molecule has 2 aromatic heterocycles. The third kappa shape index (κ3) is 5.89. The lowest BCUT2D eigenvalue weighted by Gasteiger charge is -2.24. The van der Waals surface area contributed by atoms with Crippen molar-refractivity contribution in [3.8, 4) is 17.2 Å². The lowest BCUT2D eigenvalue weighted by atomic mass is 9.85. The molecule has 2 N–H and O–H groups in total. The highest BCUT2D eigenvalue weighted by Gasteiger charge is 2.38. The van der Waals surface area contributed by atoms with E-state index in [0.717, 1.165) is 10.6 Å². The van der Waals surface area contributed by atoms with Gasteiger partial charge in [0.25, 0.3) is 5.69 Å². The average molecular weight is 601 g/mol. The molecule has 0 aliphatic heterocycles. The van der Waals surface area contributed by atoms with E-state index in [9.17, 15) is 28.1 Å². The first-order chi connectivity index (χ1) is 18.7. The van der Waals surface area contributed by atoms with Crippen LogP contribution in [0.1, 0.15) is 37.7 Å². The Kier molecular flexibility index (Phi) is 7.80. The normalized spacial score (nSPS) is 12.0. The maximum Gasteiger partial charge on any atom is 0.420 e. The summed E-state index contributed by atoms with van der Waals surface area (Å²) < 4.78 is 53.2. The van der Waals surface area contributed by atoms with Crippen LogP contribution in [-0.2, 0) is 18.2 Å². The fourth-order valence-electron chi connectivity index (χ4n) is 3.65. The lowest BCUT2D eigenvalue weighted by molar-refractivity contribution is -0.388. The Morgan fingerprint density at radius 3 is 2.42 bits per heavy atom. The standard InChI is InChI=1S/C22H20ClF3N8O5S/c1-21(2,3)10-6-16(38-4)12(23)7-13(10)33-19(35)29-30-20(33)40-17-8-15(39-9-18-27-31-32-28-18)11(22(24,25)26)5-14(17)34(36)37/h5-8H,9H2,1-4H3,(H,29,35)(H,27,28,31,32). The van der Waals surface area contributed by atoms with Crippen LogP contribution in [0.4, 0.5) is 18.9 Å². The lowest BCUT2D eigenvalue weighted by Crippen LogP contribution is -2.22. The predicted octanol–water partition coefficient (Wildman–Crippen LogP) is 4.69. The quantitative estimate of drug-likeness (QED) is 0.214. The Bertz CT molecular complexity index is 1620. The summed E-state index contributed by atoms with van der Waals surface area (Å²) >= 11 is 6.94. The number of nitrogens with zero attached hydrogens (tertiary/aromatic N) is 6. The third-order valence-electron chi connectivity index (χ3n) is 5.47. The zero-order chi connectivity index (χ0) is 29.4. The minimum Gasteiger partial charge on any atom is -0.495 e.